The van der Waals surface area contributed by atoms with Gasteiger partial charge >= 0.3 is 0 Å². The van der Waals surface area contributed by atoms with E-state index < -0.39 is 0 Å². The summed E-state index contributed by atoms with van der Waals surface area (Å²) in [6.07, 6.45) is 2.30. The normalized spacial score (nSPS) is 22.2. The molecule has 0 saturated carbocycles. The van der Waals surface area contributed by atoms with E-state index in [0.717, 1.165) is 19.5 Å². The van der Waals surface area contributed by atoms with Gasteiger partial charge in [0.15, 0.2) is 0 Å². The summed E-state index contributed by atoms with van der Waals surface area (Å²) in [5.41, 5.74) is 6.56. The van der Waals surface area contributed by atoms with Gasteiger partial charge in [-0.25, -0.2) is 4.39 Å². The molecular weight excluding hydrogens is 277 g/mol. The van der Waals surface area contributed by atoms with Gasteiger partial charge in [-0.1, -0.05) is 17.7 Å². The summed E-state index contributed by atoms with van der Waals surface area (Å²) < 4.78 is 14.1. The Morgan fingerprint density at radius 2 is 2.25 bits per heavy atom. The first-order valence-corrected chi connectivity index (χ1v) is 7.46. The van der Waals surface area contributed by atoms with E-state index in [4.69, 9.17) is 17.3 Å². The second kappa shape index (κ2) is 6.85. The molecule has 0 aromatic heterocycles. The Morgan fingerprint density at radius 1 is 1.50 bits per heavy atom. The zero-order valence-corrected chi connectivity index (χ0v) is 12.9. The number of halogens is 2. The molecule has 2 rings (SSSR count). The van der Waals surface area contributed by atoms with E-state index in [1.807, 2.05) is 0 Å². The number of piperidine rings is 1. The third kappa shape index (κ3) is 3.50. The van der Waals surface area contributed by atoms with E-state index in [9.17, 15) is 4.39 Å². The molecule has 0 amide bonds. The molecule has 2 N–H and O–H groups in total. The fraction of sp³-hybridized carbons (Fsp3) is 0.600. The van der Waals surface area contributed by atoms with E-state index in [1.54, 1.807) is 12.1 Å². The van der Waals surface area contributed by atoms with Crippen LogP contribution in [-0.4, -0.2) is 49.6 Å². The molecule has 1 aromatic rings. The van der Waals surface area contributed by atoms with Crippen LogP contribution in [0.4, 0.5) is 4.39 Å². The SMILES string of the molecule is CN(C)C1CCCN(C(CN)c2ccc(Cl)cc2F)C1. The van der Waals surface area contributed by atoms with Crippen molar-refractivity contribution in [3.8, 4) is 0 Å². The van der Waals surface area contributed by atoms with Crippen molar-refractivity contribution in [1.29, 1.82) is 0 Å². The van der Waals surface area contributed by atoms with Crippen molar-refractivity contribution < 1.29 is 4.39 Å². The van der Waals surface area contributed by atoms with E-state index in [0.29, 0.717) is 23.2 Å². The Labute approximate surface area is 125 Å². The summed E-state index contributed by atoms with van der Waals surface area (Å²) in [6, 6.07) is 5.29. The Kier molecular flexibility index (Phi) is 5.38. The summed E-state index contributed by atoms with van der Waals surface area (Å²) in [7, 11) is 4.18. The quantitative estimate of drug-likeness (QED) is 0.927. The Hall–Kier alpha value is -0.680. The van der Waals surface area contributed by atoms with Gasteiger partial charge in [-0.15, -0.1) is 0 Å². The molecule has 5 heteroatoms. The molecular formula is C15H23ClFN3. The van der Waals surface area contributed by atoms with Crippen LogP contribution in [0.15, 0.2) is 18.2 Å². The number of hydrogen-bond acceptors (Lipinski definition) is 3. The average molecular weight is 300 g/mol. The van der Waals surface area contributed by atoms with Gasteiger partial charge in [-0.2, -0.15) is 0 Å². The van der Waals surface area contributed by atoms with Gasteiger partial charge in [0, 0.05) is 35.8 Å². The van der Waals surface area contributed by atoms with Crippen LogP contribution in [0.3, 0.4) is 0 Å². The van der Waals surface area contributed by atoms with Crippen molar-refractivity contribution in [3.63, 3.8) is 0 Å². The predicted molar refractivity (Wildman–Crippen MR) is 81.5 cm³/mol. The van der Waals surface area contributed by atoms with Crippen LogP contribution < -0.4 is 5.73 Å². The molecule has 1 heterocycles. The van der Waals surface area contributed by atoms with Gasteiger partial charge in [0.2, 0.25) is 0 Å². The van der Waals surface area contributed by atoms with Crippen LogP contribution in [0.2, 0.25) is 5.02 Å². The fourth-order valence-corrected chi connectivity index (χ4v) is 3.09. The van der Waals surface area contributed by atoms with Crippen LogP contribution in [0.5, 0.6) is 0 Å². The number of likely N-dealkylation sites (tertiary alicyclic amines) is 1. The molecule has 0 bridgehead atoms. The monoisotopic (exact) mass is 299 g/mol. The minimum atomic E-state index is -0.264. The minimum Gasteiger partial charge on any atom is -0.329 e. The molecule has 0 spiro atoms. The lowest BCUT2D eigenvalue weighted by molar-refractivity contribution is 0.0969. The highest BCUT2D eigenvalue weighted by molar-refractivity contribution is 6.30. The van der Waals surface area contributed by atoms with Gasteiger partial charge < -0.3 is 10.6 Å². The van der Waals surface area contributed by atoms with Crippen LogP contribution in [0, 0.1) is 5.82 Å². The van der Waals surface area contributed by atoms with Crippen molar-refractivity contribution >= 4 is 11.6 Å². The van der Waals surface area contributed by atoms with Crippen LogP contribution in [0.25, 0.3) is 0 Å². The molecule has 2 atom stereocenters. The van der Waals surface area contributed by atoms with E-state index in [1.165, 1.54) is 12.5 Å². The number of likely N-dealkylation sites (N-methyl/N-ethyl adjacent to an activating group) is 1. The molecule has 2 unspecified atom stereocenters. The largest absolute Gasteiger partial charge is 0.329 e. The second-order valence-electron chi connectivity index (χ2n) is 5.67. The van der Waals surface area contributed by atoms with Crippen LogP contribution in [-0.2, 0) is 0 Å². The van der Waals surface area contributed by atoms with Crippen molar-refractivity contribution in [3.05, 3.63) is 34.6 Å². The first kappa shape index (κ1) is 15.7. The van der Waals surface area contributed by atoms with E-state index >= 15 is 0 Å². The maximum Gasteiger partial charge on any atom is 0.129 e. The maximum atomic E-state index is 14.1. The first-order chi connectivity index (χ1) is 9.52. The molecule has 3 nitrogen and oxygen atoms in total. The number of rotatable bonds is 4. The zero-order chi connectivity index (χ0) is 14.7. The Bertz CT molecular complexity index is 453. The highest BCUT2D eigenvalue weighted by Crippen LogP contribution is 2.28. The van der Waals surface area contributed by atoms with Gasteiger partial charge in [-0.05, 0) is 45.6 Å². The van der Waals surface area contributed by atoms with Crippen molar-refractivity contribution in [2.24, 2.45) is 5.73 Å². The average Bonchev–Trinajstić information content (AvgIpc) is 2.42. The summed E-state index contributed by atoms with van der Waals surface area (Å²) in [4.78, 5) is 4.53. The Morgan fingerprint density at radius 3 is 2.85 bits per heavy atom. The predicted octanol–water partition coefficient (Wildman–Crippen LogP) is 2.50. The number of hydrogen-bond donors (Lipinski definition) is 1. The zero-order valence-electron chi connectivity index (χ0n) is 12.1. The molecule has 0 aliphatic carbocycles. The molecule has 112 valence electrons. The topological polar surface area (TPSA) is 32.5 Å². The number of benzene rings is 1. The van der Waals surface area contributed by atoms with Gasteiger partial charge in [0.1, 0.15) is 5.82 Å². The summed E-state index contributed by atoms with van der Waals surface area (Å²) in [6.45, 7) is 2.31. The van der Waals surface area contributed by atoms with E-state index in [2.05, 4.69) is 23.9 Å². The highest BCUT2D eigenvalue weighted by Gasteiger charge is 2.28. The molecule has 1 fully saturated rings. The standard InChI is InChI=1S/C15H23ClFN3/c1-19(2)12-4-3-7-20(10-12)15(9-18)13-6-5-11(16)8-14(13)17/h5-6,8,12,15H,3-4,7,9-10,18H2,1-2H3. The molecule has 0 radical (unpaired) electrons. The fourth-order valence-electron chi connectivity index (χ4n) is 2.93. The first-order valence-electron chi connectivity index (χ1n) is 7.08. The third-order valence-electron chi connectivity index (χ3n) is 4.14. The minimum absolute atomic E-state index is 0.0741. The molecule has 1 aliphatic heterocycles. The lowest BCUT2D eigenvalue weighted by Gasteiger charge is -2.40. The molecule has 20 heavy (non-hydrogen) atoms. The summed E-state index contributed by atoms with van der Waals surface area (Å²) >= 11 is 5.82. The summed E-state index contributed by atoms with van der Waals surface area (Å²) in [5, 5.41) is 0.423. The number of nitrogens with two attached hydrogens (primary N) is 1. The molecule has 1 aromatic carbocycles. The maximum absolute atomic E-state index is 14.1. The van der Waals surface area contributed by atoms with E-state index in [-0.39, 0.29) is 11.9 Å². The summed E-state index contributed by atoms with van der Waals surface area (Å²) in [5.74, 6) is -0.264. The smallest absolute Gasteiger partial charge is 0.129 e. The van der Waals surface area contributed by atoms with Crippen molar-refractivity contribution in [2.45, 2.75) is 24.9 Å². The van der Waals surface area contributed by atoms with Gasteiger partial charge in [0.05, 0.1) is 0 Å². The van der Waals surface area contributed by atoms with Crippen molar-refractivity contribution in [2.75, 3.05) is 33.7 Å². The van der Waals surface area contributed by atoms with Gasteiger partial charge in [-0.3, -0.25) is 4.90 Å². The lowest BCUT2D eigenvalue weighted by atomic mass is 9.98. The van der Waals surface area contributed by atoms with Crippen LogP contribution in [0.1, 0.15) is 24.4 Å². The van der Waals surface area contributed by atoms with Crippen molar-refractivity contribution in [1.82, 2.24) is 9.80 Å². The third-order valence-corrected chi connectivity index (χ3v) is 4.38. The lowest BCUT2D eigenvalue weighted by Crippen LogP contribution is -2.48. The molecule has 1 aliphatic rings. The Balaban J connectivity index is 2.19. The second-order valence-corrected chi connectivity index (χ2v) is 6.11. The molecule has 1 saturated heterocycles. The van der Waals surface area contributed by atoms with Crippen LogP contribution >= 0.6 is 11.6 Å². The number of nitrogens with zero attached hydrogens (tertiary/aromatic N) is 2. The van der Waals surface area contributed by atoms with Gasteiger partial charge in [0.25, 0.3) is 0 Å². The highest BCUT2D eigenvalue weighted by atomic mass is 35.5.